The summed E-state index contributed by atoms with van der Waals surface area (Å²) < 4.78 is 34.0. The molecule has 0 bridgehead atoms. The molecule has 7 nitrogen and oxygen atoms in total. The van der Waals surface area contributed by atoms with E-state index < -0.39 is 35.1 Å². The Morgan fingerprint density at radius 3 is 2.40 bits per heavy atom. The van der Waals surface area contributed by atoms with E-state index in [-0.39, 0.29) is 32.2 Å². The molecular weight excluding hydrogens is 562 g/mol. The third-order valence-electron chi connectivity index (χ3n) is 6.96. The number of carbonyl (C=O) groups is 2. The van der Waals surface area contributed by atoms with E-state index in [4.69, 9.17) is 4.74 Å². The van der Waals surface area contributed by atoms with Crippen molar-refractivity contribution in [2.75, 3.05) is 4.90 Å². The van der Waals surface area contributed by atoms with Crippen molar-refractivity contribution in [1.29, 1.82) is 0 Å². The number of hydrogen-bond acceptors (Lipinski definition) is 7. The number of aryl methyl sites for hydroxylation is 1. The molecule has 1 atom stereocenters. The molecule has 1 unspecified atom stereocenters. The summed E-state index contributed by atoms with van der Waals surface area (Å²) in [5.74, 6) is -3.95. The lowest BCUT2D eigenvalue weighted by atomic mass is 9.95. The topological polar surface area (TPSA) is 100.0 Å². The lowest BCUT2D eigenvalue weighted by molar-refractivity contribution is -0.132. The van der Waals surface area contributed by atoms with Crippen LogP contribution in [0.1, 0.15) is 28.3 Å². The van der Waals surface area contributed by atoms with E-state index in [9.17, 15) is 28.6 Å². The van der Waals surface area contributed by atoms with Crippen LogP contribution in [0.3, 0.4) is 0 Å². The maximum Gasteiger partial charge on any atom is 0.301 e. The van der Waals surface area contributed by atoms with Crippen molar-refractivity contribution in [3.05, 3.63) is 124 Å². The first kappa shape index (κ1) is 27.1. The summed E-state index contributed by atoms with van der Waals surface area (Å²) >= 11 is 0.907. The average molecular weight is 585 g/mol. The fourth-order valence-corrected chi connectivity index (χ4v) is 5.86. The molecule has 1 amide bonds. The highest BCUT2D eigenvalue weighted by molar-refractivity contribution is 7.22. The number of thiazole rings is 1. The fourth-order valence-electron chi connectivity index (χ4n) is 4.87. The largest absolute Gasteiger partial charge is 0.508 e. The number of aromatic nitrogens is 1. The van der Waals surface area contributed by atoms with Crippen LogP contribution < -0.4 is 9.64 Å². The molecule has 10 heteroatoms. The van der Waals surface area contributed by atoms with E-state index in [1.54, 1.807) is 25.1 Å². The number of aliphatic hydroxyl groups excluding tert-OH is 1. The van der Waals surface area contributed by atoms with Crippen LogP contribution in [-0.2, 0) is 16.2 Å². The number of ether oxygens (including phenoxy) is 1. The zero-order valence-electron chi connectivity index (χ0n) is 22.0. The second-order valence-electron chi connectivity index (χ2n) is 9.75. The van der Waals surface area contributed by atoms with Gasteiger partial charge in [-0.1, -0.05) is 53.8 Å². The molecule has 2 N–H and O–H groups in total. The molecule has 0 spiro atoms. The Balaban J connectivity index is 1.43. The number of phenols is 1. The number of ketones is 1. The molecule has 210 valence electrons. The number of anilines is 1. The van der Waals surface area contributed by atoms with E-state index in [1.807, 2.05) is 30.3 Å². The monoisotopic (exact) mass is 584 g/mol. The minimum Gasteiger partial charge on any atom is -0.508 e. The molecule has 5 aromatic rings. The molecule has 4 aromatic carbocycles. The van der Waals surface area contributed by atoms with E-state index in [0.29, 0.717) is 23.5 Å². The summed E-state index contributed by atoms with van der Waals surface area (Å²) in [6, 6.07) is 21.1. The summed E-state index contributed by atoms with van der Waals surface area (Å²) in [6.45, 7) is 2.14. The van der Waals surface area contributed by atoms with Gasteiger partial charge in [-0.3, -0.25) is 14.5 Å². The van der Waals surface area contributed by atoms with Gasteiger partial charge in [-0.25, -0.2) is 13.8 Å². The fraction of sp³-hybridized carbons (Fsp3) is 0.0938. The number of benzene rings is 4. The van der Waals surface area contributed by atoms with Gasteiger partial charge in [-0.05, 0) is 60.0 Å². The third-order valence-corrected chi connectivity index (χ3v) is 7.98. The van der Waals surface area contributed by atoms with Crippen molar-refractivity contribution >= 4 is 44.1 Å². The lowest BCUT2D eigenvalue weighted by Crippen LogP contribution is -2.29. The summed E-state index contributed by atoms with van der Waals surface area (Å²) in [6.07, 6.45) is 0. The minimum atomic E-state index is -1.13. The number of rotatable bonds is 6. The van der Waals surface area contributed by atoms with Gasteiger partial charge in [0, 0.05) is 11.6 Å². The molecule has 1 aromatic heterocycles. The van der Waals surface area contributed by atoms with Gasteiger partial charge in [0.1, 0.15) is 23.9 Å². The zero-order chi connectivity index (χ0) is 29.5. The van der Waals surface area contributed by atoms with Gasteiger partial charge in [0.2, 0.25) is 0 Å². The lowest BCUT2D eigenvalue weighted by Gasteiger charge is -2.23. The normalized spacial score (nSPS) is 16.4. The number of carbonyl (C=O) groups excluding carboxylic acids is 2. The van der Waals surface area contributed by atoms with Crippen LogP contribution in [0, 0.1) is 18.6 Å². The molecule has 1 saturated heterocycles. The van der Waals surface area contributed by atoms with Crippen LogP contribution in [-0.4, -0.2) is 26.9 Å². The van der Waals surface area contributed by atoms with Gasteiger partial charge in [0.15, 0.2) is 16.8 Å². The molecule has 2 heterocycles. The van der Waals surface area contributed by atoms with Crippen LogP contribution in [0.5, 0.6) is 11.5 Å². The Labute approximate surface area is 242 Å². The first-order valence-electron chi connectivity index (χ1n) is 12.8. The van der Waals surface area contributed by atoms with Crippen LogP contribution in [0.25, 0.3) is 16.0 Å². The van der Waals surface area contributed by atoms with Gasteiger partial charge in [-0.15, -0.1) is 0 Å². The molecule has 1 aliphatic rings. The number of aliphatic hydroxyl groups is 1. The highest BCUT2D eigenvalue weighted by Crippen LogP contribution is 2.45. The highest BCUT2D eigenvalue weighted by atomic mass is 32.1. The maximum atomic E-state index is 13.9. The number of amides is 1. The molecule has 42 heavy (non-hydrogen) atoms. The Morgan fingerprint density at radius 2 is 1.69 bits per heavy atom. The van der Waals surface area contributed by atoms with Crippen molar-refractivity contribution in [3.63, 3.8) is 0 Å². The van der Waals surface area contributed by atoms with E-state index in [1.165, 1.54) is 24.3 Å². The van der Waals surface area contributed by atoms with Crippen molar-refractivity contribution < 1.29 is 33.3 Å². The van der Waals surface area contributed by atoms with Gasteiger partial charge in [-0.2, -0.15) is 0 Å². The Morgan fingerprint density at radius 1 is 0.976 bits per heavy atom. The van der Waals surface area contributed by atoms with Gasteiger partial charge in [0.05, 0.1) is 21.8 Å². The number of phenolic OH excluding ortho intramolecular Hbond substituents is 1. The van der Waals surface area contributed by atoms with E-state index >= 15 is 0 Å². The third kappa shape index (κ3) is 4.86. The van der Waals surface area contributed by atoms with Crippen LogP contribution in [0.4, 0.5) is 13.9 Å². The first-order valence-corrected chi connectivity index (χ1v) is 13.7. The van der Waals surface area contributed by atoms with Crippen molar-refractivity contribution in [2.45, 2.75) is 19.6 Å². The smallest absolute Gasteiger partial charge is 0.301 e. The quantitative estimate of drug-likeness (QED) is 0.129. The van der Waals surface area contributed by atoms with E-state index in [0.717, 1.165) is 33.9 Å². The molecule has 1 aliphatic heterocycles. The molecule has 0 aliphatic carbocycles. The standard InChI is InChI=1S/C32H22F2N2O5S/c1-17-13-20(9-12-25(17)41-16-18-5-3-2-4-6-18)29(38)27-28(19-7-10-21(37)11-8-19)36(31(40)30(27)39)32-35-24-14-22(33)23(34)15-26(24)42-32/h2-15,28,37-38H,16H2,1H3/b29-27+. The summed E-state index contributed by atoms with van der Waals surface area (Å²) in [5.41, 5.74) is 2.29. The second kappa shape index (κ2) is 10.7. The molecular formula is C32H22F2N2O5S. The van der Waals surface area contributed by atoms with E-state index in [2.05, 4.69) is 4.98 Å². The molecule has 0 saturated carbocycles. The SMILES string of the molecule is Cc1cc(/C(O)=C2\C(=O)C(=O)N(c3nc4cc(F)c(F)cc4s3)C2c2ccc(O)cc2)ccc1OCc1ccccc1. The van der Waals surface area contributed by atoms with Gasteiger partial charge in [0.25, 0.3) is 5.78 Å². The number of nitrogens with zero attached hydrogens (tertiary/aromatic N) is 2. The predicted octanol–water partition coefficient (Wildman–Crippen LogP) is 6.79. The van der Waals surface area contributed by atoms with Gasteiger partial charge < -0.3 is 14.9 Å². The number of fused-ring (bicyclic) bond motifs is 1. The molecule has 1 fully saturated rings. The van der Waals surface area contributed by atoms with Crippen LogP contribution in [0.15, 0.2) is 90.5 Å². The van der Waals surface area contributed by atoms with Crippen molar-refractivity contribution in [3.8, 4) is 11.5 Å². The Kier molecular flexibility index (Phi) is 6.91. The predicted molar refractivity (Wildman–Crippen MR) is 154 cm³/mol. The minimum absolute atomic E-state index is 0.0232. The first-order chi connectivity index (χ1) is 20.2. The molecule has 6 rings (SSSR count). The number of hydrogen-bond donors (Lipinski definition) is 2. The number of Topliss-reactive ketones (excluding diaryl/α,β-unsaturated/α-hetero) is 1. The van der Waals surface area contributed by atoms with Crippen LogP contribution >= 0.6 is 11.3 Å². The van der Waals surface area contributed by atoms with Crippen LogP contribution in [0.2, 0.25) is 0 Å². The van der Waals surface area contributed by atoms with Gasteiger partial charge >= 0.3 is 5.91 Å². The second-order valence-corrected chi connectivity index (χ2v) is 10.8. The Bertz CT molecular complexity index is 1850. The summed E-state index contributed by atoms with van der Waals surface area (Å²) in [4.78, 5) is 32.3. The van der Waals surface area contributed by atoms with Crippen molar-refractivity contribution in [2.24, 2.45) is 0 Å². The van der Waals surface area contributed by atoms with Crippen molar-refractivity contribution in [1.82, 2.24) is 4.98 Å². The summed E-state index contributed by atoms with van der Waals surface area (Å²) in [7, 11) is 0. The maximum absolute atomic E-state index is 13.9. The highest BCUT2D eigenvalue weighted by Gasteiger charge is 2.48. The average Bonchev–Trinajstić information content (AvgIpc) is 3.50. The number of halogens is 2. The molecule has 0 radical (unpaired) electrons. The zero-order valence-corrected chi connectivity index (χ0v) is 22.9. The summed E-state index contributed by atoms with van der Waals surface area (Å²) in [5, 5.41) is 21.3. The Hall–Kier alpha value is -5.09. The number of aromatic hydroxyl groups is 1.